The van der Waals surface area contributed by atoms with Crippen LogP contribution < -0.4 is 11.1 Å². The summed E-state index contributed by atoms with van der Waals surface area (Å²) < 4.78 is 0. The first-order valence-corrected chi connectivity index (χ1v) is 6.02. The number of carbonyl (C=O) groups excluding carboxylic acids is 1. The third kappa shape index (κ3) is 5.68. The van der Waals surface area contributed by atoms with Gasteiger partial charge in [-0.3, -0.25) is 4.79 Å². The number of hydrogen-bond donors (Lipinski definition) is 3. The molecule has 5 nitrogen and oxygen atoms in total. The Hall–Kier alpha value is -1.10. The largest absolute Gasteiger partial charge is 0.480 e. The van der Waals surface area contributed by atoms with Crippen LogP contribution in [0.25, 0.3) is 0 Å². The summed E-state index contributed by atoms with van der Waals surface area (Å²) in [7, 11) is 0. The third-order valence-electron chi connectivity index (χ3n) is 2.64. The zero-order chi connectivity index (χ0) is 13.6. The molecule has 0 fully saturated rings. The molecule has 2 atom stereocenters. The van der Waals surface area contributed by atoms with E-state index in [1.54, 1.807) is 13.8 Å². The highest BCUT2D eigenvalue weighted by molar-refractivity contribution is 5.85. The van der Waals surface area contributed by atoms with Crippen LogP contribution in [0, 0.1) is 17.8 Å². The fraction of sp³-hybridized carbons (Fsp3) is 0.833. The lowest BCUT2D eigenvalue weighted by molar-refractivity contribution is -0.143. The number of carboxylic acids is 1. The lowest BCUT2D eigenvalue weighted by Gasteiger charge is -2.22. The van der Waals surface area contributed by atoms with E-state index in [0.29, 0.717) is 12.3 Å². The molecule has 0 spiro atoms. The number of hydrogen-bond acceptors (Lipinski definition) is 3. The van der Waals surface area contributed by atoms with Gasteiger partial charge in [-0.1, -0.05) is 27.7 Å². The van der Waals surface area contributed by atoms with Crippen LogP contribution in [-0.4, -0.2) is 29.6 Å². The number of nitrogens with one attached hydrogen (secondary N) is 1. The van der Waals surface area contributed by atoms with Crippen molar-refractivity contribution in [3.05, 3.63) is 0 Å². The fourth-order valence-electron chi connectivity index (χ4n) is 1.66. The average molecular weight is 244 g/mol. The van der Waals surface area contributed by atoms with Gasteiger partial charge in [0.15, 0.2) is 0 Å². The van der Waals surface area contributed by atoms with E-state index < -0.39 is 12.0 Å². The van der Waals surface area contributed by atoms with Gasteiger partial charge >= 0.3 is 5.97 Å². The molecule has 5 heteroatoms. The number of carbonyl (C=O) groups is 2. The molecule has 0 radical (unpaired) electrons. The van der Waals surface area contributed by atoms with E-state index in [0.717, 1.165) is 0 Å². The molecule has 0 aromatic carbocycles. The monoisotopic (exact) mass is 244 g/mol. The van der Waals surface area contributed by atoms with Crippen LogP contribution >= 0.6 is 0 Å². The van der Waals surface area contributed by atoms with Crippen molar-refractivity contribution < 1.29 is 14.7 Å². The number of nitrogens with two attached hydrogens (primary N) is 1. The van der Waals surface area contributed by atoms with Crippen LogP contribution in [-0.2, 0) is 9.59 Å². The second-order valence-corrected chi connectivity index (χ2v) is 5.13. The quantitative estimate of drug-likeness (QED) is 0.618. The van der Waals surface area contributed by atoms with Gasteiger partial charge in [0.25, 0.3) is 0 Å². The Morgan fingerprint density at radius 1 is 1.24 bits per heavy atom. The zero-order valence-electron chi connectivity index (χ0n) is 11.1. The topological polar surface area (TPSA) is 92.4 Å². The van der Waals surface area contributed by atoms with Crippen molar-refractivity contribution in [1.29, 1.82) is 0 Å². The minimum atomic E-state index is -1.01. The van der Waals surface area contributed by atoms with Crippen LogP contribution in [0.15, 0.2) is 0 Å². The van der Waals surface area contributed by atoms with E-state index in [9.17, 15) is 9.59 Å². The van der Waals surface area contributed by atoms with Crippen molar-refractivity contribution in [1.82, 2.24) is 5.32 Å². The summed E-state index contributed by atoms with van der Waals surface area (Å²) in [6.45, 7) is 7.78. The lowest BCUT2D eigenvalue weighted by atomic mass is 9.95. The van der Waals surface area contributed by atoms with E-state index in [-0.39, 0.29) is 24.3 Å². The normalized spacial score (nSPS) is 14.8. The summed E-state index contributed by atoms with van der Waals surface area (Å²) in [5, 5.41) is 11.5. The second kappa shape index (κ2) is 7.27. The summed E-state index contributed by atoms with van der Waals surface area (Å²) in [6.07, 6.45) is 0.673. The molecule has 4 N–H and O–H groups in total. The van der Waals surface area contributed by atoms with Crippen molar-refractivity contribution >= 4 is 11.9 Å². The smallest absolute Gasteiger partial charge is 0.326 e. The highest BCUT2D eigenvalue weighted by Crippen LogP contribution is 2.12. The third-order valence-corrected chi connectivity index (χ3v) is 2.64. The maximum Gasteiger partial charge on any atom is 0.326 e. The first kappa shape index (κ1) is 15.9. The maximum atomic E-state index is 11.9. The first-order valence-electron chi connectivity index (χ1n) is 6.02. The Labute approximate surface area is 103 Å². The Balaban J connectivity index is 4.52. The molecule has 1 amide bonds. The molecule has 0 aliphatic carbocycles. The van der Waals surface area contributed by atoms with Gasteiger partial charge in [-0.15, -0.1) is 0 Å². The summed E-state index contributed by atoms with van der Waals surface area (Å²) in [5.41, 5.74) is 5.54. The Bertz CT molecular complexity index is 264. The predicted molar refractivity (Wildman–Crippen MR) is 66.4 cm³/mol. The van der Waals surface area contributed by atoms with Gasteiger partial charge in [0.1, 0.15) is 6.04 Å². The molecule has 0 saturated heterocycles. The highest BCUT2D eigenvalue weighted by atomic mass is 16.4. The summed E-state index contributed by atoms with van der Waals surface area (Å²) >= 11 is 0. The molecule has 100 valence electrons. The minimum Gasteiger partial charge on any atom is -0.480 e. The summed E-state index contributed by atoms with van der Waals surface area (Å²) in [4.78, 5) is 22.8. The standard InChI is InChI=1S/C12H24N2O3/c1-7(2)5-9(6-13)11(15)14-10(8(3)4)12(16)17/h7-10H,5-6,13H2,1-4H3,(H,14,15)(H,16,17)/t9?,10-/m0/s1. The number of rotatable bonds is 7. The molecular weight excluding hydrogens is 220 g/mol. The van der Waals surface area contributed by atoms with Crippen molar-refractivity contribution in [2.45, 2.75) is 40.2 Å². The highest BCUT2D eigenvalue weighted by Gasteiger charge is 2.27. The van der Waals surface area contributed by atoms with Gasteiger partial charge in [0, 0.05) is 6.54 Å². The van der Waals surface area contributed by atoms with Crippen molar-refractivity contribution in [3.8, 4) is 0 Å². The Morgan fingerprint density at radius 3 is 2.06 bits per heavy atom. The van der Waals surface area contributed by atoms with Crippen LogP contribution in [0.1, 0.15) is 34.1 Å². The van der Waals surface area contributed by atoms with Crippen LogP contribution in [0.5, 0.6) is 0 Å². The van der Waals surface area contributed by atoms with Gasteiger partial charge in [-0.25, -0.2) is 4.79 Å². The maximum absolute atomic E-state index is 11.9. The van der Waals surface area contributed by atoms with Crippen LogP contribution in [0.4, 0.5) is 0 Å². The molecule has 0 rings (SSSR count). The fourth-order valence-corrected chi connectivity index (χ4v) is 1.66. The van der Waals surface area contributed by atoms with E-state index in [2.05, 4.69) is 5.32 Å². The van der Waals surface area contributed by atoms with Gasteiger partial charge < -0.3 is 16.2 Å². The molecule has 0 aromatic rings. The van der Waals surface area contributed by atoms with E-state index in [4.69, 9.17) is 10.8 Å². The van der Waals surface area contributed by atoms with E-state index >= 15 is 0 Å². The molecular formula is C12H24N2O3. The Morgan fingerprint density at radius 2 is 1.76 bits per heavy atom. The van der Waals surface area contributed by atoms with Crippen LogP contribution in [0.2, 0.25) is 0 Å². The van der Waals surface area contributed by atoms with Crippen LogP contribution in [0.3, 0.4) is 0 Å². The molecule has 0 heterocycles. The van der Waals surface area contributed by atoms with Gasteiger partial charge in [-0.05, 0) is 18.3 Å². The molecule has 0 aliphatic heterocycles. The number of carboxylic acid groups (broad SMARTS) is 1. The Kier molecular flexibility index (Phi) is 6.80. The average Bonchev–Trinajstić information content (AvgIpc) is 2.20. The van der Waals surface area contributed by atoms with Crippen molar-refractivity contribution in [2.75, 3.05) is 6.54 Å². The number of amides is 1. The van der Waals surface area contributed by atoms with Gasteiger partial charge in [-0.2, -0.15) is 0 Å². The molecule has 17 heavy (non-hydrogen) atoms. The first-order chi connectivity index (χ1) is 7.79. The van der Waals surface area contributed by atoms with Gasteiger partial charge in [0.2, 0.25) is 5.91 Å². The van der Waals surface area contributed by atoms with E-state index in [1.807, 2.05) is 13.8 Å². The molecule has 0 saturated carbocycles. The molecule has 0 aliphatic rings. The molecule has 0 aromatic heterocycles. The van der Waals surface area contributed by atoms with Crippen molar-refractivity contribution in [3.63, 3.8) is 0 Å². The molecule has 1 unspecified atom stereocenters. The zero-order valence-corrected chi connectivity index (χ0v) is 11.1. The lowest BCUT2D eigenvalue weighted by Crippen LogP contribution is -2.48. The molecule has 0 bridgehead atoms. The minimum absolute atomic E-state index is 0.145. The second-order valence-electron chi connectivity index (χ2n) is 5.13. The summed E-state index contributed by atoms with van der Waals surface area (Å²) in [6, 6.07) is -0.844. The SMILES string of the molecule is CC(C)CC(CN)C(=O)N[C@H](C(=O)O)C(C)C. The summed E-state index contributed by atoms with van der Waals surface area (Å²) in [5.74, 6) is -1.36. The number of aliphatic carboxylic acids is 1. The van der Waals surface area contributed by atoms with E-state index in [1.165, 1.54) is 0 Å². The van der Waals surface area contributed by atoms with Gasteiger partial charge in [0.05, 0.1) is 5.92 Å². The predicted octanol–water partition coefficient (Wildman–Crippen LogP) is 0.833. The van der Waals surface area contributed by atoms with Crippen molar-refractivity contribution in [2.24, 2.45) is 23.5 Å².